The molecular formula is C15H16N2O3S. The predicted octanol–water partition coefficient (Wildman–Crippen LogP) is 3.11. The van der Waals surface area contributed by atoms with Gasteiger partial charge in [-0.05, 0) is 31.9 Å². The largest absolute Gasteiger partial charge is 0.481 e. The third-order valence-electron chi connectivity index (χ3n) is 2.91. The van der Waals surface area contributed by atoms with Gasteiger partial charge in [0.15, 0.2) is 5.13 Å². The third-order valence-corrected chi connectivity index (χ3v) is 3.72. The van der Waals surface area contributed by atoms with Gasteiger partial charge in [-0.3, -0.25) is 14.9 Å². The van der Waals surface area contributed by atoms with Crippen LogP contribution in [0.5, 0.6) is 0 Å². The molecule has 0 saturated carbocycles. The van der Waals surface area contributed by atoms with E-state index in [9.17, 15) is 9.59 Å². The molecule has 1 heterocycles. The molecule has 2 aromatic rings. The van der Waals surface area contributed by atoms with Crippen molar-refractivity contribution in [2.45, 2.75) is 26.2 Å². The van der Waals surface area contributed by atoms with E-state index in [-0.39, 0.29) is 12.3 Å². The molecule has 110 valence electrons. The lowest BCUT2D eigenvalue weighted by Gasteiger charge is -2.02. The Balaban J connectivity index is 1.91. The van der Waals surface area contributed by atoms with E-state index in [2.05, 4.69) is 10.3 Å². The number of aryl methyl sites for hydroxylation is 2. The van der Waals surface area contributed by atoms with Crippen molar-refractivity contribution < 1.29 is 14.7 Å². The molecule has 1 amide bonds. The van der Waals surface area contributed by atoms with E-state index in [1.54, 1.807) is 12.1 Å². The van der Waals surface area contributed by atoms with Crippen LogP contribution in [0.2, 0.25) is 0 Å². The lowest BCUT2D eigenvalue weighted by atomic mass is 10.1. The molecule has 0 spiro atoms. The maximum absolute atomic E-state index is 12.0. The van der Waals surface area contributed by atoms with Crippen molar-refractivity contribution in [3.63, 3.8) is 0 Å². The van der Waals surface area contributed by atoms with E-state index < -0.39 is 5.97 Å². The zero-order valence-corrected chi connectivity index (χ0v) is 12.4. The van der Waals surface area contributed by atoms with Gasteiger partial charge in [0.25, 0.3) is 5.91 Å². The highest BCUT2D eigenvalue weighted by Gasteiger charge is 2.09. The summed E-state index contributed by atoms with van der Waals surface area (Å²) in [5.74, 6) is -1.00. The Bertz CT molecular complexity index is 635. The number of hydrogen-bond acceptors (Lipinski definition) is 4. The van der Waals surface area contributed by atoms with Gasteiger partial charge in [0.05, 0.1) is 5.69 Å². The molecule has 21 heavy (non-hydrogen) atoms. The van der Waals surface area contributed by atoms with Gasteiger partial charge >= 0.3 is 5.97 Å². The normalized spacial score (nSPS) is 10.3. The fourth-order valence-corrected chi connectivity index (χ4v) is 2.51. The van der Waals surface area contributed by atoms with E-state index in [1.165, 1.54) is 11.3 Å². The monoisotopic (exact) mass is 304 g/mol. The van der Waals surface area contributed by atoms with Crippen LogP contribution in [0.4, 0.5) is 5.13 Å². The number of carboxylic acid groups (broad SMARTS) is 1. The molecule has 5 nitrogen and oxygen atoms in total. The van der Waals surface area contributed by atoms with Crippen molar-refractivity contribution in [1.82, 2.24) is 4.98 Å². The average Bonchev–Trinajstić information content (AvgIpc) is 2.86. The number of carboxylic acids is 1. The first kappa shape index (κ1) is 15.2. The number of hydrogen-bond donors (Lipinski definition) is 2. The smallest absolute Gasteiger partial charge is 0.303 e. The minimum atomic E-state index is -0.807. The fraction of sp³-hybridized carbons (Fsp3) is 0.267. The number of nitrogens with zero attached hydrogens (tertiary/aromatic N) is 1. The van der Waals surface area contributed by atoms with Crippen LogP contribution in [0.15, 0.2) is 29.6 Å². The standard InChI is InChI=1S/C15H16N2O3S/c1-10-5-7-11(8-6-10)14(20)17-15-16-12(9-21-15)3-2-4-13(18)19/h5-9H,2-4H2,1H3,(H,18,19)(H,16,17,20). The number of anilines is 1. The molecule has 0 aliphatic heterocycles. The number of rotatable bonds is 6. The summed E-state index contributed by atoms with van der Waals surface area (Å²) in [7, 11) is 0. The predicted molar refractivity (Wildman–Crippen MR) is 81.8 cm³/mol. The van der Waals surface area contributed by atoms with Crippen LogP contribution < -0.4 is 5.32 Å². The second-order valence-corrected chi connectivity index (χ2v) is 5.57. The Kier molecular flexibility index (Phi) is 5.05. The molecule has 0 atom stereocenters. The summed E-state index contributed by atoms with van der Waals surface area (Å²) >= 11 is 1.34. The molecule has 2 N–H and O–H groups in total. The number of carbonyl (C=O) groups excluding carboxylic acids is 1. The van der Waals surface area contributed by atoms with Crippen molar-refractivity contribution in [1.29, 1.82) is 0 Å². The molecule has 0 radical (unpaired) electrons. The zero-order chi connectivity index (χ0) is 15.2. The van der Waals surface area contributed by atoms with Crippen molar-refractivity contribution >= 4 is 28.3 Å². The number of thiazole rings is 1. The minimum Gasteiger partial charge on any atom is -0.481 e. The molecule has 0 aliphatic carbocycles. The van der Waals surface area contributed by atoms with Crippen LogP contribution in [0.1, 0.15) is 34.5 Å². The van der Waals surface area contributed by atoms with E-state index in [0.29, 0.717) is 23.5 Å². The van der Waals surface area contributed by atoms with Crippen molar-refractivity contribution in [2.24, 2.45) is 0 Å². The first-order valence-corrected chi connectivity index (χ1v) is 7.47. The maximum atomic E-state index is 12.0. The highest BCUT2D eigenvalue weighted by atomic mass is 32.1. The number of carbonyl (C=O) groups is 2. The van der Waals surface area contributed by atoms with Crippen LogP contribution in [0.25, 0.3) is 0 Å². The van der Waals surface area contributed by atoms with Crippen LogP contribution in [-0.2, 0) is 11.2 Å². The molecule has 0 fully saturated rings. The summed E-state index contributed by atoms with van der Waals surface area (Å²) in [5.41, 5.74) is 2.49. The molecule has 2 rings (SSSR count). The first-order chi connectivity index (χ1) is 10.0. The lowest BCUT2D eigenvalue weighted by molar-refractivity contribution is -0.137. The SMILES string of the molecule is Cc1ccc(C(=O)Nc2nc(CCCC(=O)O)cs2)cc1. The Labute approximate surface area is 126 Å². The molecule has 0 unspecified atom stereocenters. The Morgan fingerprint density at radius 3 is 2.67 bits per heavy atom. The third kappa shape index (κ3) is 4.68. The van der Waals surface area contributed by atoms with Gasteiger partial charge in [0, 0.05) is 17.4 Å². The van der Waals surface area contributed by atoms with Crippen molar-refractivity contribution in [3.8, 4) is 0 Å². The van der Waals surface area contributed by atoms with Gasteiger partial charge < -0.3 is 5.11 Å². The van der Waals surface area contributed by atoms with Crippen LogP contribution >= 0.6 is 11.3 Å². The molecular weight excluding hydrogens is 288 g/mol. The highest BCUT2D eigenvalue weighted by molar-refractivity contribution is 7.13. The molecule has 0 aliphatic rings. The summed E-state index contributed by atoms with van der Waals surface area (Å²) in [5, 5.41) is 13.7. The molecule has 1 aromatic carbocycles. The van der Waals surface area contributed by atoms with Gasteiger partial charge in [0.2, 0.25) is 0 Å². The topological polar surface area (TPSA) is 79.3 Å². The Hall–Kier alpha value is -2.21. The molecule has 1 aromatic heterocycles. The number of amides is 1. The van der Waals surface area contributed by atoms with E-state index in [4.69, 9.17) is 5.11 Å². The lowest BCUT2D eigenvalue weighted by Crippen LogP contribution is -2.11. The van der Waals surface area contributed by atoms with Gasteiger partial charge in [-0.25, -0.2) is 4.98 Å². The van der Waals surface area contributed by atoms with Gasteiger partial charge in [-0.15, -0.1) is 11.3 Å². The van der Waals surface area contributed by atoms with Crippen LogP contribution in [0, 0.1) is 6.92 Å². The minimum absolute atomic E-state index is 0.128. The van der Waals surface area contributed by atoms with Crippen molar-refractivity contribution in [2.75, 3.05) is 5.32 Å². The molecule has 6 heteroatoms. The number of benzene rings is 1. The quantitative estimate of drug-likeness (QED) is 0.859. The highest BCUT2D eigenvalue weighted by Crippen LogP contribution is 2.18. The summed E-state index contributed by atoms with van der Waals surface area (Å²) in [6.45, 7) is 1.96. The van der Waals surface area contributed by atoms with E-state index >= 15 is 0 Å². The fourth-order valence-electron chi connectivity index (χ4n) is 1.77. The Morgan fingerprint density at radius 1 is 1.29 bits per heavy atom. The Morgan fingerprint density at radius 2 is 2.00 bits per heavy atom. The molecule has 0 saturated heterocycles. The van der Waals surface area contributed by atoms with Gasteiger partial charge in [0.1, 0.15) is 0 Å². The van der Waals surface area contributed by atoms with Gasteiger partial charge in [-0.1, -0.05) is 17.7 Å². The van der Waals surface area contributed by atoms with E-state index in [0.717, 1.165) is 11.3 Å². The van der Waals surface area contributed by atoms with Crippen LogP contribution in [-0.4, -0.2) is 22.0 Å². The van der Waals surface area contributed by atoms with Crippen molar-refractivity contribution in [3.05, 3.63) is 46.5 Å². The second-order valence-electron chi connectivity index (χ2n) is 4.71. The van der Waals surface area contributed by atoms with Crippen LogP contribution in [0.3, 0.4) is 0 Å². The maximum Gasteiger partial charge on any atom is 0.303 e. The van der Waals surface area contributed by atoms with E-state index in [1.807, 2.05) is 24.4 Å². The number of aromatic nitrogens is 1. The second kappa shape index (κ2) is 6.99. The summed E-state index contributed by atoms with van der Waals surface area (Å²) in [4.78, 5) is 26.7. The average molecular weight is 304 g/mol. The molecule has 0 bridgehead atoms. The summed E-state index contributed by atoms with van der Waals surface area (Å²) < 4.78 is 0. The summed E-state index contributed by atoms with van der Waals surface area (Å²) in [6.07, 6.45) is 1.27. The number of aliphatic carboxylic acids is 1. The zero-order valence-electron chi connectivity index (χ0n) is 11.6. The first-order valence-electron chi connectivity index (χ1n) is 6.59. The van der Waals surface area contributed by atoms with Gasteiger partial charge in [-0.2, -0.15) is 0 Å². The summed E-state index contributed by atoms with van der Waals surface area (Å²) in [6, 6.07) is 7.31. The number of nitrogens with one attached hydrogen (secondary N) is 1.